The summed E-state index contributed by atoms with van der Waals surface area (Å²) in [6.07, 6.45) is 1.02. The van der Waals surface area contributed by atoms with Crippen molar-refractivity contribution in [2.45, 2.75) is 25.0 Å². The van der Waals surface area contributed by atoms with Gasteiger partial charge in [0.15, 0.2) is 0 Å². The second-order valence-electron chi connectivity index (χ2n) is 6.37. The molecule has 3 N–H and O–H groups in total. The van der Waals surface area contributed by atoms with E-state index in [2.05, 4.69) is 15.4 Å². The highest BCUT2D eigenvalue weighted by atomic mass is 16.5. The van der Waals surface area contributed by atoms with Crippen LogP contribution < -0.4 is 10.6 Å². The molecule has 1 saturated carbocycles. The zero-order valence-electron chi connectivity index (χ0n) is 13.1. The number of carbonyl (C=O) groups excluding carboxylic acids is 2. The average molecular weight is 318 g/mol. The molecule has 1 aliphatic carbocycles. The van der Waals surface area contributed by atoms with Gasteiger partial charge in [0.2, 0.25) is 0 Å². The third-order valence-corrected chi connectivity index (χ3v) is 4.93. The van der Waals surface area contributed by atoms with Gasteiger partial charge in [0.1, 0.15) is 0 Å². The smallest absolute Gasteiger partial charge is 0.337 e. The number of amides is 1. The lowest BCUT2D eigenvalue weighted by molar-refractivity contribution is 0.0462. The molecule has 1 amide bonds. The molecule has 3 rings (SSSR count). The molecule has 1 heterocycles. The van der Waals surface area contributed by atoms with Gasteiger partial charge in [-0.25, -0.2) is 4.79 Å². The minimum atomic E-state index is -0.505. The molecule has 0 spiro atoms. The minimum Gasteiger partial charge on any atom is -0.465 e. The molecule has 0 bridgehead atoms. The third-order valence-electron chi connectivity index (χ3n) is 4.93. The van der Waals surface area contributed by atoms with Crippen LogP contribution in [0.5, 0.6) is 0 Å². The number of carbonyl (C=O) groups is 2. The van der Waals surface area contributed by atoms with Crippen molar-refractivity contribution < 1.29 is 19.4 Å². The molecule has 1 saturated heterocycles. The molecule has 124 valence electrons. The van der Waals surface area contributed by atoms with Gasteiger partial charge in [0, 0.05) is 5.56 Å². The Labute approximate surface area is 135 Å². The number of rotatable bonds is 3. The lowest BCUT2D eigenvalue weighted by atomic mass is 9.77. The van der Waals surface area contributed by atoms with Crippen LogP contribution in [0.15, 0.2) is 24.3 Å². The summed E-state index contributed by atoms with van der Waals surface area (Å²) in [5.41, 5.74) is 0.873. The Balaban J connectivity index is 1.63. The summed E-state index contributed by atoms with van der Waals surface area (Å²) >= 11 is 0. The summed E-state index contributed by atoms with van der Waals surface area (Å²) in [4.78, 5) is 23.7. The van der Waals surface area contributed by atoms with Crippen molar-refractivity contribution in [2.75, 3.05) is 20.2 Å². The van der Waals surface area contributed by atoms with Crippen molar-refractivity contribution in [3.05, 3.63) is 35.4 Å². The van der Waals surface area contributed by atoms with Crippen molar-refractivity contribution in [3.8, 4) is 0 Å². The van der Waals surface area contributed by atoms with Crippen LogP contribution in [-0.2, 0) is 4.74 Å². The molecular formula is C17H22N2O4. The van der Waals surface area contributed by atoms with Gasteiger partial charge in [-0.3, -0.25) is 4.79 Å². The zero-order chi connectivity index (χ0) is 16.4. The first-order valence-corrected chi connectivity index (χ1v) is 7.96. The summed E-state index contributed by atoms with van der Waals surface area (Å²) in [6.45, 7) is 1.91. The number of hydrogen-bond donors (Lipinski definition) is 3. The predicted molar refractivity (Wildman–Crippen MR) is 84.1 cm³/mol. The Kier molecular flexibility index (Phi) is 4.63. The molecule has 2 fully saturated rings. The van der Waals surface area contributed by atoms with Crippen molar-refractivity contribution in [2.24, 2.45) is 11.8 Å². The normalized spacial score (nSPS) is 29.7. The summed E-state index contributed by atoms with van der Waals surface area (Å²) in [5.74, 6) is 0.372. The van der Waals surface area contributed by atoms with Crippen molar-refractivity contribution in [1.29, 1.82) is 0 Å². The number of aliphatic hydroxyl groups is 1. The molecule has 1 aliphatic heterocycles. The number of nitrogens with one attached hydrogen (secondary N) is 2. The lowest BCUT2D eigenvalue weighted by Crippen LogP contribution is -2.49. The van der Waals surface area contributed by atoms with E-state index < -0.39 is 12.1 Å². The van der Waals surface area contributed by atoms with E-state index in [0.29, 0.717) is 23.0 Å². The van der Waals surface area contributed by atoms with E-state index in [1.807, 2.05) is 0 Å². The fourth-order valence-electron chi connectivity index (χ4n) is 3.58. The molecule has 6 nitrogen and oxygen atoms in total. The Morgan fingerprint density at radius 1 is 1.13 bits per heavy atom. The highest BCUT2D eigenvalue weighted by Gasteiger charge is 2.39. The number of ether oxygens (including phenoxy) is 1. The first kappa shape index (κ1) is 16.0. The van der Waals surface area contributed by atoms with E-state index in [0.717, 1.165) is 25.9 Å². The van der Waals surface area contributed by atoms with E-state index in [1.54, 1.807) is 24.3 Å². The van der Waals surface area contributed by atoms with Gasteiger partial charge >= 0.3 is 5.97 Å². The summed E-state index contributed by atoms with van der Waals surface area (Å²) < 4.78 is 4.63. The number of methoxy groups -OCH3 is 1. The quantitative estimate of drug-likeness (QED) is 0.709. The second-order valence-corrected chi connectivity index (χ2v) is 6.37. The van der Waals surface area contributed by atoms with E-state index in [1.165, 1.54) is 7.11 Å². The number of fused-ring (bicyclic) bond motifs is 1. The van der Waals surface area contributed by atoms with Crippen LogP contribution in [0.3, 0.4) is 0 Å². The first-order chi connectivity index (χ1) is 11.1. The van der Waals surface area contributed by atoms with Crippen LogP contribution in [0.4, 0.5) is 0 Å². The molecule has 2 aliphatic rings. The number of esters is 1. The number of hydrogen-bond acceptors (Lipinski definition) is 5. The highest BCUT2D eigenvalue weighted by Crippen LogP contribution is 2.33. The number of aliphatic hydroxyl groups excluding tert-OH is 1. The fraction of sp³-hybridized carbons (Fsp3) is 0.529. The molecule has 1 aromatic rings. The maximum Gasteiger partial charge on any atom is 0.337 e. The maximum atomic E-state index is 12.3. The molecule has 0 aromatic heterocycles. The summed E-state index contributed by atoms with van der Waals surface area (Å²) in [7, 11) is 1.32. The SMILES string of the molecule is COC(=O)c1ccc(C(=O)N[C@H]2C[C@H]3CNC[C@H]3C[C@@H]2O)cc1. The highest BCUT2D eigenvalue weighted by molar-refractivity contribution is 5.96. The van der Waals surface area contributed by atoms with Gasteiger partial charge in [0.25, 0.3) is 5.91 Å². The summed E-state index contributed by atoms with van der Waals surface area (Å²) in [5, 5.41) is 16.5. The van der Waals surface area contributed by atoms with Crippen LogP contribution in [0.25, 0.3) is 0 Å². The van der Waals surface area contributed by atoms with Crippen LogP contribution in [0.1, 0.15) is 33.6 Å². The molecule has 0 unspecified atom stereocenters. The van der Waals surface area contributed by atoms with Gasteiger partial charge < -0.3 is 20.5 Å². The van der Waals surface area contributed by atoms with Gasteiger partial charge in [-0.2, -0.15) is 0 Å². The minimum absolute atomic E-state index is 0.219. The third kappa shape index (κ3) is 3.38. The first-order valence-electron chi connectivity index (χ1n) is 7.96. The Morgan fingerprint density at radius 2 is 1.74 bits per heavy atom. The largest absolute Gasteiger partial charge is 0.465 e. The fourth-order valence-corrected chi connectivity index (χ4v) is 3.58. The monoisotopic (exact) mass is 318 g/mol. The number of benzene rings is 1. The van der Waals surface area contributed by atoms with Crippen LogP contribution >= 0.6 is 0 Å². The topological polar surface area (TPSA) is 87.7 Å². The standard InChI is InChI=1S/C17H22N2O4/c1-23-17(22)11-4-2-10(3-5-11)16(21)19-14-6-12-8-18-9-13(12)7-15(14)20/h2-5,12-15,18,20H,6-9H2,1H3,(H,19,21)/t12-,13+,14-,15-/m0/s1. The van der Waals surface area contributed by atoms with Crippen LogP contribution in [0, 0.1) is 11.8 Å². The molecular weight excluding hydrogens is 296 g/mol. The van der Waals surface area contributed by atoms with Crippen molar-refractivity contribution in [1.82, 2.24) is 10.6 Å². The lowest BCUT2D eigenvalue weighted by Gasteiger charge is -2.35. The van der Waals surface area contributed by atoms with Crippen molar-refractivity contribution in [3.63, 3.8) is 0 Å². The van der Waals surface area contributed by atoms with E-state index in [9.17, 15) is 14.7 Å². The average Bonchev–Trinajstić information content (AvgIpc) is 3.01. The van der Waals surface area contributed by atoms with E-state index in [4.69, 9.17) is 0 Å². The second kappa shape index (κ2) is 6.68. The van der Waals surface area contributed by atoms with Gasteiger partial charge in [0.05, 0.1) is 24.8 Å². The molecule has 23 heavy (non-hydrogen) atoms. The van der Waals surface area contributed by atoms with Gasteiger partial charge in [-0.1, -0.05) is 0 Å². The van der Waals surface area contributed by atoms with Gasteiger partial charge in [-0.15, -0.1) is 0 Å². The molecule has 1 aromatic carbocycles. The predicted octanol–water partition coefficient (Wildman–Crippen LogP) is 0.562. The maximum absolute atomic E-state index is 12.3. The Hall–Kier alpha value is -1.92. The van der Waals surface area contributed by atoms with Crippen LogP contribution in [-0.4, -0.2) is 49.3 Å². The molecule has 4 atom stereocenters. The Bertz CT molecular complexity index is 587. The molecule has 0 radical (unpaired) electrons. The molecule has 6 heteroatoms. The van der Waals surface area contributed by atoms with Gasteiger partial charge in [-0.05, 0) is 62.0 Å². The Morgan fingerprint density at radius 3 is 2.39 bits per heavy atom. The van der Waals surface area contributed by atoms with Crippen LogP contribution in [0.2, 0.25) is 0 Å². The zero-order valence-corrected chi connectivity index (χ0v) is 13.1. The van der Waals surface area contributed by atoms with E-state index >= 15 is 0 Å². The summed E-state index contributed by atoms with van der Waals surface area (Å²) in [6, 6.07) is 6.10. The van der Waals surface area contributed by atoms with Crippen molar-refractivity contribution >= 4 is 11.9 Å². The van der Waals surface area contributed by atoms with E-state index in [-0.39, 0.29) is 11.9 Å².